The second-order valence-corrected chi connectivity index (χ2v) is 5.70. The predicted octanol–water partition coefficient (Wildman–Crippen LogP) is 5.34. The van der Waals surface area contributed by atoms with Gasteiger partial charge in [-0.2, -0.15) is 0 Å². The molecule has 1 unspecified atom stereocenters. The van der Waals surface area contributed by atoms with Crippen LogP contribution in [0.5, 0.6) is 0 Å². The molecule has 0 spiro atoms. The lowest BCUT2D eigenvalue weighted by molar-refractivity contribution is 0.456. The van der Waals surface area contributed by atoms with Gasteiger partial charge in [0.05, 0.1) is 0 Å². The fraction of sp³-hybridized carbons (Fsp3) is 0.600. The highest BCUT2D eigenvalue weighted by molar-refractivity contribution is 6.30. The predicted molar refractivity (Wildman–Crippen MR) is 73.0 cm³/mol. The number of rotatable bonds is 6. The summed E-state index contributed by atoms with van der Waals surface area (Å²) in [6, 6.07) is 8.23. The molecule has 0 bridgehead atoms. The van der Waals surface area contributed by atoms with Crippen LogP contribution in [0, 0.1) is 11.8 Å². The van der Waals surface area contributed by atoms with Crippen molar-refractivity contribution >= 4 is 11.6 Å². The SMILES string of the molecule is CC(C)CCCC(C)Cc1cccc(Cl)c1. The first kappa shape index (κ1) is 13.6. The fourth-order valence-corrected chi connectivity index (χ4v) is 2.26. The molecule has 0 aliphatic heterocycles. The molecule has 0 amide bonds. The maximum Gasteiger partial charge on any atom is 0.0408 e. The highest BCUT2D eigenvalue weighted by atomic mass is 35.5. The van der Waals surface area contributed by atoms with Gasteiger partial charge in [-0.15, -0.1) is 0 Å². The van der Waals surface area contributed by atoms with Crippen LogP contribution in [0.3, 0.4) is 0 Å². The zero-order chi connectivity index (χ0) is 12.0. The van der Waals surface area contributed by atoms with Gasteiger partial charge >= 0.3 is 0 Å². The van der Waals surface area contributed by atoms with Crippen LogP contribution in [0.2, 0.25) is 5.02 Å². The maximum absolute atomic E-state index is 5.97. The van der Waals surface area contributed by atoms with Crippen molar-refractivity contribution in [2.75, 3.05) is 0 Å². The van der Waals surface area contributed by atoms with E-state index in [1.54, 1.807) is 0 Å². The molecule has 0 aliphatic carbocycles. The highest BCUT2D eigenvalue weighted by Crippen LogP contribution is 2.19. The van der Waals surface area contributed by atoms with Gasteiger partial charge in [0, 0.05) is 5.02 Å². The Morgan fingerprint density at radius 3 is 2.50 bits per heavy atom. The van der Waals surface area contributed by atoms with Gasteiger partial charge in [-0.05, 0) is 36.0 Å². The third-order valence-corrected chi connectivity index (χ3v) is 3.19. The van der Waals surface area contributed by atoms with E-state index in [4.69, 9.17) is 11.6 Å². The molecule has 90 valence electrons. The first-order valence-corrected chi connectivity index (χ1v) is 6.70. The van der Waals surface area contributed by atoms with Gasteiger partial charge in [-0.3, -0.25) is 0 Å². The molecular formula is C15H23Cl. The molecule has 0 aliphatic rings. The van der Waals surface area contributed by atoms with Crippen LogP contribution >= 0.6 is 11.6 Å². The molecule has 0 N–H and O–H groups in total. The van der Waals surface area contributed by atoms with Crippen molar-refractivity contribution in [3.63, 3.8) is 0 Å². The van der Waals surface area contributed by atoms with E-state index in [2.05, 4.69) is 32.9 Å². The smallest absolute Gasteiger partial charge is 0.0408 e. The van der Waals surface area contributed by atoms with E-state index in [9.17, 15) is 0 Å². The van der Waals surface area contributed by atoms with Crippen molar-refractivity contribution in [3.8, 4) is 0 Å². The molecule has 0 saturated carbocycles. The van der Waals surface area contributed by atoms with Crippen LogP contribution in [0.25, 0.3) is 0 Å². The van der Waals surface area contributed by atoms with Crippen molar-refractivity contribution in [1.82, 2.24) is 0 Å². The summed E-state index contributed by atoms with van der Waals surface area (Å²) in [5.41, 5.74) is 1.37. The van der Waals surface area contributed by atoms with Gasteiger partial charge in [-0.1, -0.05) is 63.8 Å². The molecule has 16 heavy (non-hydrogen) atoms. The maximum atomic E-state index is 5.97. The molecule has 0 heterocycles. The zero-order valence-corrected chi connectivity index (χ0v) is 11.4. The van der Waals surface area contributed by atoms with Gasteiger partial charge < -0.3 is 0 Å². The summed E-state index contributed by atoms with van der Waals surface area (Å²) in [7, 11) is 0. The van der Waals surface area contributed by atoms with E-state index in [1.165, 1.54) is 24.8 Å². The Kier molecular flexibility index (Phi) is 5.90. The van der Waals surface area contributed by atoms with Crippen molar-refractivity contribution in [3.05, 3.63) is 34.9 Å². The molecule has 0 fully saturated rings. The highest BCUT2D eigenvalue weighted by Gasteiger charge is 2.04. The summed E-state index contributed by atoms with van der Waals surface area (Å²) in [4.78, 5) is 0. The minimum Gasteiger partial charge on any atom is -0.0843 e. The Bertz CT molecular complexity index is 304. The van der Waals surface area contributed by atoms with E-state index in [1.807, 2.05) is 12.1 Å². The number of benzene rings is 1. The van der Waals surface area contributed by atoms with Crippen molar-refractivity contribution < 1.29 is 0 Å². The second kappa shape index (κ2) is 6.96. The van der Waals surface area contributed by atoms with Crippen molar-refractivity contribution in [1.29, 1.82) is 0 Å². The first-order chi connectivity index (χ1) is 7.58. The zero-order valence-electron chi connectivity index (χ0n) is 10.7. The van der Waals surface area contributed by atoms with Crippen LogP contribution in [0.1, 0.15) is 45.6 Å². The third kappa shape index (κ3) is 5.55. The number of hydrogen-bond donors (Lipinski definition) is 0. The molecule has 0 aromatic heterocycles. The largest absolute Gasteiger partial charge is 0.0843 e. The lowest BCUT2D eigenvalue weighted by Crippen LogP contribution is -2.00. The molecule has 1 atom stereocenters. The van der Waals surface area contributed by atoms with E-state index < -0.39 is 0 Å². The standard InChI is InChI=1S/C15H23Cl/c1-12(2)6-4-7-13(3)10-14-8-5-9-15(16)11-14/h5,8-9,11-13H,4,6-7,10H2,1-3H3. The summed E-state index contributed by atoms with van der Waals surface area (Å²) in [6.07, 6.45) is 5.17. The van der Waals surface area contributed by atoms with Gasteiger partial charge in [0.25, 0.3) is 0 Å². The molecule has 1 aromatic carbocycles. The molecule has 1 aromatic rings. The lowest BCUT2D eigenvalue weighted by Gasteiger charge is -2.12. The van der Waals surface area contributed by atoms with E-state index >= 15 is 0 Å². The average Bonchev–Trinajstić information content (AvgIpc) is 2.16. The van der Waals surface area contributed by atoms with Crippen molar-refractivity contribution in [2.24, 2.45) is 11.8 Å². The minimum atomic E-state index is 0.761. The van der Waals surface area contributed by atoms with Crippen LogP contribution in [0.4, 0.5) is 0 Å². The Morgan fingerprint density at radius 2 is 1.88 bits per heavy atom. The Balaban J connectivity index is 2.31. The third-order valence-electron chi connectivity index (χ3n) is 2.95. The van der Waals surface area contributed by atoms with Gasteiger partial charge in [0.15, 0.2) is 0 Å². The molecule has 0 saturated heterocycles. The van der Waals surface area contributed by atoms with Crippen LogP contribution in [-0.2, 0) is 6.42 Å². The monoisotopic (exact) mass is 238 g/mol. The van der Waals surface area contributed by atoms with Crippen LogP contribution in [0.15, 0.2) is 24.3 Å². The molecular weight excluding hydrogens is 216 g/mol. The Labute approximate surface area is 105 Å². The summed E-state index contributed by atoms with van der Waals surface area (Å²) in [5.74, 6) is 1.59. The first-order valence-electron chi connectivity index (χ1n) is 6.32. The van der Waals surface area contributed by atoms with Crippen LogP contribution in [-0.4, -0.2) is 0 Å². The summed E-state index contributed by atoms with van der Waals surface area (Å²) in [6.45, 7) is 6.92. The Morgan fingerprint density at radius 1 is 1.12 bits per heavy atom. The molecule has 0 nitrogen and oxygen atoms in total. The fourth-order valence-electron chi connectivity index (χ4n) is 2.04. The minimum absolute atomic E-state index is 0.761. The summed E-state index contributed by atoms with van der Waals surface area (Å²) in [5, 5.41) is 0.854. The van der Waals surface area contributed by atoms with E-state index in [0.29, 0.717) is 0 Å². The number of halogens is 1. The van der Waals surface area contributed by atoms with Crippen molar-refractivity contribution in [2.45, 2.75) is 46.5 Å². The molecule has 1 rings (SSSR count). The Hall–Kier alpha value is -0.490. The number of hydrogen-bond acceptors (Lipinski definition) is 0. The summed E-state index contributed by atoms with van der Waals surface area (Å²) >= 11 is 5.97. The van der Waals surface area contributed by atoms with E-state index in [0.717, 1.165) is 23.3 Å². The van der Waals surface area contributed by atoms with Gasteiger partial charge in [0.1, 0.15) is 0 Å². The quantitative estimate of drug-likeness (QED) is 0.627. The molecule has 1 heteroatoms. The van der Waals surface area contributed by atoms with Crippen LogP contribution < -0.4 is 0 Å². The van der Waals surface area contributed by atoms with Gasteiger partial charge in [-0.25, -0.2) is 0 Å². The average molecular weight is 239 g/mol. The normalized spacial score (nSPS) is 13.1. The summed E-state index contributed by atoms with van der Waals surface area (Å²) < 4.78 is 0. The molecule has 0 radical (unpaired) electrons. The van der Waals surface area contributed by atoms with Gasteiger partial charge in [0.2, 0.25) is 0 Å². The lowest BCUT2D eigenvalue weighted by atomic mass is 9.94. The second-order valence-electron chi connectivity index (χ2n) is 5.26. The topological polar surface area (TPSA) is 0 Å². The van der Waals surface area contributed by atoms with E-state index in [-0.39, 0.29) is 0 Å².